The van der Waals surface area contributed by atoms with Crippen molar-refractivity contribution in [3.63, 3.8) is 0 Å². The zero-order valence-electron chi connectivity index (χ0n) is 16.2. The number of nitrogens with one attached hydrogen (secondary N) is 2. The van der Waals surface area contributed by atoms with E-state index >= 15 is 0 Å². The Morgan fingerprint density at radius 1 is 1.21 bits per heavy atom. The van der Waals surface area contributed by atoms with Gasteiger partial charge in [0, 0.05) is 19.6 Å². The third kappa shape index (κ3) is 3.75. The fourth-order valence-corrected chi connectivity index (χ4v) is 4.82. The Morgan fingerprint density at radius 3 is 2.52 bits per heavy atom. The number of allylic oxidation sites excluding steroid dienone is 2. The van der Waals surface area contributed by atoms with E-state index in [0.717, 1.165) is 12.0 Å². The minimum absolute atomic E-state index is 0.0402. The molecule has 1 aliphatic heterocycles. The summed E-state index contributed by atoms with van der Waals surface area (Å²) in [6, 6.07) is 4.50. The van der Waals surface area contributed by atoms with Crippen molar-refractivity contribution in [1.82, 2.24) is 15.5 Å². The van der Waals surface area contributed by atoms with Crippen LogP contribution in [0.2, 0.25) is 5.02 Å². The number of hydrogen-bond acceptors (Lipinski definition) is 3. The summed E-state index contributed by atoms with van der Waals surface area (Å²) >= 11 is 5.81. The highest BCUT2D eigenvalue weighted by Crippen LogP contribution is 2.52. The lowest BCUT2D eigenvalue weighted by molar-refractivity contribution is -0.140. The third-order valence-corrected chi connectivity index (χ3v) is 6.23. The molecular weight excluding hydrogens is 395 g/mol. The van der Waals surface area contributed by atoms with Crippen LogP contribution in [0.1, 0.15) is 18.9 Å². The number of aliphatic imine (C=N–C) groups is 1. The molecule has 0 aromatic heterocycles. The van der Waals surface area contributed by atoms with Crippen LogP contribution in [0, 0.1) is 29.5 Å². The smallest absolute Gasteiger partial charge is 0.233 e. The minimum atomic E-state index is -0.460. The Bertz CT molecular complexity index is 857. The summed E-state index contributed by atoms with van der Waals surface area (Å²) in [7, 11) is 0. The zero-order chi connectivity index (χ0) is 20.5. The average molecular weight is 419 g/mol. The molecule has 1 aromatic rings. The molecule has 6 nitrogen and oxygen atoms in total. The second-order valence-corrected chi connectivity index (χ2v) is 8.11. The van der Waals surface area contributed by atoms with Crippen molar-refractivity contribution in [3.05, 3.63) is 46.8 Å². The Morgan fingerprint density at radius 2 is 1.90 bits per heavy atom. The lowest BCUT2D eigenvalue weighted by Gasteiger charge is -2.18. The SMILES string of the molecule is CCNC(=NCc1ccc(F)c(Cl)c1)NCCN1C(=O)C2C3C=CC(C3)C2C1=O. The van der Waals surface area contributed by atoms with Crippen LogP contribution < -0.4 is 10.6 Å². The van der Waals surface area contributed by atoms with Crippen LogP contribution in [0.4, 0.5) is 4.39 Å². The van der Waals surface area contributed by atoms with Gasteiger partial charge in [0.2, 0.25) is 11.8 Å². The number of likely N-dealkylation sites (tertiary alicyclic amines) is 1. The number of rotatable bonds is 6. The fraction of sp³-hybridized carbons (Fsp3) is 0.476. The van der Waals surface area contributed by atoms with Gasteiger partial charge in [-0.2, -0.15) is 0 Å². The van der Waals surface area contributed by atoms with E-state index in [1.165, 1.54) is 11.0 Å². The number of fused-ring (bicyclic) bond motifs is 5. The standard InChI is InChI=1S/C21H24ClFN4O2/c1-2-24-21(26-11-12-3-6-16(23)15(22)9-12)25-7-8-27-19(28)17-13-4-5-14(10-13)18(17)20(27)29/h3-6,9,13-14,17-18H,2,7-8,10-11H2,1H3,(H2,24,25,26). The van der Waals surface area contributed by atoms with Crippen molar-refractivity contribution in [3.8, 4) is 0 Å². The van der Waals surface area contributed by atoms with Crippen molar-refractivity contribution in [2.75, 3.05) is 19.6 Å². The minimum Gasteiger partial charge on any atom is -0.357 e. The monoisotopic (exact) mass is 418 g/mol. The number of benzene rings is 1. The molecule has 2 aliphatic carbocycles. The molecule has 2 fully saturated rings. The summed E-state index contributed by atoms with van der Waals surface area (Å²) in [5.74, 6) is 0.141. The number of carbonyl (C=O) groups is 2. The number of imide groups is 1. The number of carbonyl (C=O) groups excluding carboxylic acids is 2. The van der Waals surface area contributed by atoms with Gasteiger partial charge in [0.15, 0.2) is 5.96 Å². The normalized spacial score (nSPS) is 27.7. The summed E-state index contributed by atoms with van der Waals surface area (Å²) in [5.41, 5.74) is 0.786. The molecule has 1 heterocycles. The van der Waals surface area contributed by atoms with E-state index in [9.17, 15) is 14.0 Å². The molecule has 29 heavy (non-hydrogen) atoms. The highest BCUT2D eigenvalue weighted by molar-refractivity contribution is 6.30. The number of hydrogen-bond donors (Lipinski definition) is 2. The number of guanidine groups is 1. The van der Waals surface area contributed by atoms with Gasteiger partial charge in [-0.25, -0.2) is 9.38 Å². The van der Waals surface area contributed by atoms with Gasteiger partial charge in [0.1, 0.15) is 5.82 Å². The van der Waals surface area contributed by atoms with Gasteiger partial charge in [0.25, 0.3) is 0 Å². The molecular formula is C21H24ClFN4O2. The van der Waals surface area contributed by atoms with Gasteiger partial charge >= 0.3 is 0 Å². The Balaban J connectivity index is 1.33. The third-order valence-electron chi connectivity index (χ3n) is 5.94. The predicted octanol–water partition coefficient (Wildman–Crippen LogP) is 2.34. The lowest BCUT2D eigenvalue weighted by Crippen LogP contribution is -2.43. The second-order valence-electron chi connectivity index (χ2n) is 7.70. The molecule has 0 spiro atoms. The summed E-state index contributed by atoms with van der Waals surface area (Å²) in [6.07, 6.45) is 5.12. The van der Waals surface area contributed by atoms with Gasteiger partial charge < -0.3 is 10.6 Å². The quantitative estimate of drug-likeness (QED) is 0.322. The van der Waals surface area contributed by atoms with Crippen LogP contribution in [-0.4, -0.2) is 42.3 Å². The fourth-order valence-electron chi connectivity index (χ4n) is 4.62. The zero-order valence-corrected chi connectivity index (χ0v) is 17.0. The Hall–Kier alpha value is -2.41. The van der Waals surface area contributed by atoms with Crippen LogP contribution in [0.25, 0.3) is 0 Å². The first-order valence-corrected chi connectivity index (χ1v) is 10.4. The molecule has 3 aliphatic rings. The maximum atomic E-state index is 13.3. The van der Waals surface area contributed by atoms with Crippen molar-refractivity contribution in [2.45, 2.75) is 19.9 Å². The van der Waals surface area contributed by atoms with E-state index < -0.39 is 5.82 Å². The van der Waals surface area contributed by atoms with Crippen LogP contribution in [0.15, 0.2) is 35.3 Å². The number of nitrogens with zero attached hydrogens (tertiary/aromatic N) is 2. The largest absolute Gasteiger partial charge is 0.357 e. The molecule has 1 saturated carbocycles. The van der Waals surface area contributed by atoms with Gasteiger partial charge in [-0.3, -0.25) is 14.5 Å². The second kappa shape index (κ2) is 8.14. The highest BCUT2D eigenvalue weighted by atomic mass is 35.5. The first kappa shape index (κ1) is 19.9. The molecule has 2 bridgehead atoms. The molecule has 4 atom stereocenters. The topological polar surface area (TPSA) is 73.8 Å². The summed E-state index contributed by atoms with van der Waals surface area (Å²) in [5, 5.41) is 6.35. The molecule has 4 unspecified atom stereocenters. The molecule has 0 radical (unpaired) electrons. The first-order chi connectivity index (χ1) is 14.0. The van der Waals surface area contributed by atoms with E-state index in [4.69, 9.17) is 11.6 Å². The summed E-state index contributed by atoms with van der Waals surface area (Å²) < 4.78 is 13.3. The van der Waals surface area contributed by atoms with E-state index in [2.05, 4.69) is 27.8 Å². The van der Waals surface area contributed by atoms with E-state index in [1.54, 1.807) is 12.1 Å². The average Bonchev–Trinajstić information content (AvgIpc) is 3.38. The predicted molar refractivity (Wildman–Crippen MR) is 109 cm³/mol. The maximum Gasteiger partial charge on any atom is 0.233 e. The van der Waals surface area contributed by atoms with Crippen LogP contribution in [-0.2, 0) is 16.1 Å². The van der Waals surface area contributed by atoms with Gasteiger partial charge in [0.05, 0.1) is 23.4 Å². The van der Waals surface area contributed by atoms with Crippen LogP contribution >= 0.6 is 11.6 Å². The van der Waals surface area contributed by atoms with Crippen LogP contribution in [0.3, 0.4) is 0 Å². The van der Waals surface area contributed by atoms with Gasteiger partial charge in [-0.05, 0) is 42.9 Å². The summed E-state index contributed by atoms with van der Waals surface area (Å²) in [4.78, 5) is 31.3. The van der Waals surface area contributed by atoms with Crippen molar-refractivity contribution in [1.29, 1.82) is 0 Å². The molecule has 2 amide bonds. The molecule has 8 heteroatoms. The molecule has 154 valence electrons. The van der Waals surface area contributed by atoms with Gasteiger partial charge in [-0.1, -0.05) is 29.8 Å². The van der Waals surface area contributed by atoms with E-state index in [0.29, 0.717) is 32.1 Å². The first-order valence-electron chi connectivity index (χ1n) is 9.99. The molecule has 2 N–H and O–H groups in total. The van der Waals surface area contributed by atoms with Gasteiger partial charge in [-0.15, -0.1) is 0 Å². The maximum absolute atomic E-state index is 13.3. The molecule has 1 saturated heterocycles. The highest BCUT2D eigenvalue weighted by Gasteiger charge is 2.58. The van der Waals surface area contributed by atoms with E-state index in [-0.39, 0.29) is 40.5 Å². The van der Waals surface area contributed by atoms with Crippen molar-refractivity contribution >= 4 is 29.4 Å². The molecule has 1 aromatic carbocycles. The Labute approximate surface area is 174 Å². The lowest BCUT2D eigenvalue weighted by atomic mass is 9.85. The van der Waals surface area contributed by atoms with Crippen molar-refractivity contribution < 1.29 is 14.0 Å². The summed E-state index contributed by atoms with van der Waals surface area (Å²) in [6.45, 7) is 3.67. The van der Waals surface area contributed by atoms with Crippen molar-refractivity contribution in [2.24, 2.45) is 28.7 Å². The Kier molecular flexibility index (Phi) is 5.58. The van der Waals surface area contributed by atoms with E-state index in [1.807, 2.05) is 6.92 Å². The molecule has 4 rings (SSSR count). The number of halogens is 2. The van der Waals surface area contributed by atoms with Crippen LogP contribution in [0.5, 0.6) is 0 Å². The number of amides is 2.